The summed E-state index contributed by atoms with van der Waals surface area (Å²) in [6.07, 6.45) is 2.66. The summed E-state index contributed by atoms with van der Waals surface area (Å²) in [4.78, 5) is 25.4. The van der Waals surface area contributed by atoms with Gasteiger partial charge in [-0.1, -0.05) is 17.7 Å². The summed E-state index contributed by atoms with van der Waals surface area (Å²) in [7, 11) is 0. The zero-order valence-electron chi connectivity index (χ0n) is 24.5. The predicted octanol–water partition coefficient (Wildman–Crippen LogP) is 5.91. The number of carbonyl (C=O) groups excluding carboxylic acids is 1. The minimum atomic E-state index is -4.65. The van der Waals surface area contributed by atoms with Gasteiger partial charge in [0.25, 0.3) is 0 Å². The van der Waals surface area contributed by atoms with Crippen molar-refractivity contribution in [3.05, 3.63) is 58.6 Å². The van der Waals surface area contributed by atoms with Crippen LogP contribution in [0.3, 0.4) is 0 Å². The van der Waals surface area contributed by atoms with Crippen molar-refractivity contribution in [1.82, 2.24) is 29.6 Å². The average Bonchev–Trinajstić information content (AvgIpc) is 3.60. The molecule has 9 nitrogen and oxygen atoms in total. The Labute approximate surface area is 257 Å². The zero-order valence-corrected chi connectivity index (χ0v) is 25.2. The quantitative estimate of drug-likeness (QED) is 0.285. The Morgan fingerprint density at radius 3 is 2.52 bits per heavy atom. The topological polar surface area (TPSA) is 89.3 Å². The number of amides is 1. The number of piperidine rings is 1. The molecular formula is C30H34ClF4N7O2. The summed E-state index contributed by atoms with van der Waals surface area (Å²) in [5.74, 6) is 1.11. The van der Waals surface area contributed by atoms with Gasteiger partial charge >= 0.3 is 6.18 Å². The SMILES string of the molecule is CC1c2nnc(C(F)(F)F)n2C(C)CN1C(=O)Cc1ccc(OCC[C@@H]2C[C@@H]2C2CCN(c3ncc(Cl)cn3)CC2)cc1F. The number of hydrogen-bond donors (Lipinski definition) is 0. The maximum absolute atomic E-state index is 15.0. The molecule has 2 aliphatic heterocycles. The largest absolute Gasteiger partial charge is 0.493 e. The van der Waals surface area contributed by atoms with Crippen LogP contribution in [0, 0.1) is 23.6 Å². The van der Waals surface area contributed by atoms with Crippen LogP contribution in [0.2, 0.25) is 5.02 Å². The van der Waals surface area contributed by atoms with Gasteiger partial charge in [0.2, 0.25) is 17.7 Å². The van der Waals surface area contributed by atoms with E-state index in [1.165, 1.54) is 23.5 Å². The molecule has 236 valence electrons. The van der Waals surface area contributed by atoms with Crippen molar-refractivity contribution >= 4 is 23.5 Å². The standard InChI is InChI=1S/C30H34ClF4N7O2/c1-17-16-41(18(2)27-38-39-28(42(17)27)30(33,34)35)26(43)12-21-3-4-23(13-25(21)32)44-10-7-20-11-24(20)19-5-8-40(9-6-19)29-36-14-22(31)15-37-29/h3-4,13-15,17-20,24H,5-12,16H2,1-2H3/t17?,18?,20-,24-/m1/s1. The van der Waals surface area contributed by atoms with E-state index in [9.17, 15) is 22.4 Å². The number of halogens is 5. The lowest BCUT2D eigenvalue weighted by Crippen LogP contribution is -2.44. The Kier molecular flexibility index (Phi) is 8.42. The molecule has 0 bridgehead atoms. The third-order valence-corrected chi connectivity index (χ3v) is 9.37. The Morgan fingerprint density at radius 1 is 1.11 bits per heavy atom. The second-order valence-corrected chi connectivity index (χ2v) is 12.5. The first-order chi connectivity index (χ1) is 21.0. The van der Waals surface area contributed by atoms with E-state index < -0.39 is 35.8 Å². The molecule has 3 aliphatic rings. The van der Waals surface area contributed by atoms with Gasteiger partial charge in [0, 0.05) is 25.7 Å². The molecular weight excluding hydrogens is 602 g/mol. The maximum atomic E-state index is 15.0. The number of alkyl halides is 3. The van der Waals surface area contributed by atoms with Gasteiger partial charge in [-0.3, -0.25) is 4.79 Å². The van der Waals surface area contributed by atoms with Crippen molar-refractivity contribution in [3.8, 4) is 5.75 Å². The van der Waals surface area contributed by atoms with Gasteiger partial charge in [-0.15, -0.1) is 10.2 Å². The van der Waals surface area contributed by atoms with Crippen LogP contribution in [0.1, 0.15) is 68.8 Å². The highest BCUT2D eigenvalue weighted by Crippen LogP contribution is 2.50. The molecule has 6 rings (SSSR count). The average molecular weight is 636 g/mol. The molecule has 4 atom stereocenters. The second-order valence-electron chi connectivity index (χ2n) is 12.1. The van der Waals surface area contributed by atoms with Crippen LogP contribution in [0.15, 0.2) is 30.6 Å². The van der Waals surface area contributed by atoms with Crippen molar-refractivity contribution in [2.45, 2.75) is 64.2 Å². The molecule has 14 heteroatoms. The first-order valence-electron chi connectivity index (χ1n) is 14.9. The highest BCUT2D eigenvalue weighted by Gasteiger charge is 2.44. The van der Waals surface area contributed by atoms with Crippen LogP contribution >= 0.6 is 11.6 Å². The lowest BCUT2D eigenvalue weighted by atomic mass is 9.90. The van der Waals surface area contributed by atoms with E-state index in [4.69, 9.17) is 16.3 Å². The number of rotatable bonds is 8. The van der Waals surface area contributed by atoms with Crippen LogP contribution in [0.25, 0.3) is 0 Å². The summed E-state index contributed by atoms with van der Waals surface area (Å²) in [6.45, 7) is 5.55. The normalized spacial score (nSPS) is 23.9. The molecule has 4 heterocycles. The Balaban J connectivity index is 0.961. The summed E-state index contributed by atoms with van der Waals surface area (Å²) in [6, 6.07) is 3.06. The van der Waals surface area contributed by atoms with E-state index in [-0.39, 0.29) is 24.4 Å². The third-order valence-electron chi connectivity index (χ3n) is 9.17. The summed E-state index contributed by atoms with van der Waals surface area (Å²) < 4.78 is 61.9. The Morgan fingerprint density at radius 2 is 1.84 bits per heavy atom. The van der Waals surface area contributed by atoms with Gasteiger partial charge < -0.3 is 19.1 Å². The minimum Gasteiger partial charge on any atom is -0.493 e. The van der Waals surface area contributed by atoms with Crippen LogP contribution in [-0.4, -0.2) is 61.8 Å². The number of benzene rings is 1. The van der Waals surface area contributed by atoms with E-state index in [0.717, 1.165) is 42.9 Å². The fraction of sp³-hybridized carbons (Fsp3) is 0.567. The number of carbonyl (C=O) groups is 1. The van der Waals surface area contributed by atoms with E-state index in [1.54, 1.807) is 32.3 Å². The Hall–Kier alpha value is -3.48. The van der Waals surface area contributed by atoms with Gasteiger partial charge in [0.15, 0.2) is 5.82 Å². The fourth-order valence-electron chi connectivity index (χ4n) is 6.73. The number of ether oxygens (including phenoxy) is 1. The first kappa shape index (κ1) is 30.5. The number of hydrogen-bond acceptors (Lipinski definition) is 7. The lowest BCUT2D eigenvalue weighted by molar-refractivity contribution is -0.149. The zero-order chi connectivity index (χ0) is 31.2. The van der Waals surface area contributed by atoms with E-state index in [0.29, 0.717) is 35.1 Å². The molecule has 0 N–H and O–H groups in total. The molecule has 1 aromatic carbocycles. The van der Waals surface area contributed by atoms with Crippen molar-refractivity contribution in [2.24, 2.45) is 17.8 Å². The monoisotopic (exact) mass is 635 g/mol. The molecule has 1 aliphatic carbocycles. The van der Waals surface area contributed by atoms with Crippen molar-refractivity contribution in [2.75, 3.05) is 31.1 Å². The van der Waals surface area contributed by atoms with Crippen molar-refractivity contribution in [1.29, 1.82) is 0 Å². The predicted molar refractivity (Wildman–Crippen MR) is 154 cm³/mol. The van der Waals surface area contributed by atoms with Crippen LogP contribution in [0.5, 0.6) is 5.75 Å². The van der Waals surface area contributed by atoms with Crippen LogP contribution in [0.4, 0.5) is 23.5 Å². The molecule has 2 unspecified atom stereocenters. The van der Waals surface area contributed by atoms with Gasteiger partial charge in [0.05, 0.1) is 42.5 Å². The highest BCUT2D eigenvalue weighted by molar-refractivity contribution is 6.30. The van der Waals surface area contributed by atoms with Gasteiger partial charge in [-0.2, -0.15) is 13.2 Å². The molecule has 2 fully saturated rings. The van der Waals surface area contributed by atoms with Crippen molar-refractivity contribution in [3.63, 3.8) is 0 Å². The molecule has 0 spiro atoms. The van der Waals surface area contributed by atoms with E-state index >= 15 is 0 Å². The number of anilines is 1. The minimum absolute atomic E-state index is 0.0367. The van der Waals surface area contributed by atoms with Gasteiger partial charge in [-0.25, -0.2) is 14.4 Å². The first-order valence-corrected chi connectivity index (χ1v) is 15.3. The fourth-order valence-corrected chi connectivity index (χ4v) is 6.83. The smallest absolute Gasteiger partial charge is 0.451 e. The lowest BCUT2D eigenvalue weighted by Gasteiger charge is -2.37. The summed E-state index contributed by atoms with van der Waals surface area (Å²) >= 11 is 5.90. The number of aromatic nitrogens is 5. The van der Waals surface area contributed by atoms with Crippen LogP contribution < -0.4 is 9.64 Å². The molecule has 3 aromatic rings. The number of nitrogens with zero attached hydrogens (tertiary/aromatic N) is 7. The molecule has 44 heavy (non-hydrogen) atoms. The summed E-state index contributed by atoms with van der Waals surface area (Å²) in [5.41, 5.74) is 0.197. The van der Waals surface area contributed by atoms with Crippen molar-refractivity contribution < 1.29 is 27.1 Å². The molecule has 1 saturated heterocycles. The third kappa shape index (κ3) is 6.33. The Bertz CT molecular complexity index is 1490. The molecule has 1 amide bonds. The van der Waals surface area contributed by atoms with Gasteiger partial charge in [-0.05, 0) is 68.9 Å². The van der Waals surface area contributed by atoms with Gasteiger partial charge in [0.1, 0.15) is 11.6 Å². The second kappa shape index (κ2) is 12.1. The summed E-state index contributed by atoms with van der Waals surface area (Å²) in [5, 5.41) is 7.56. The highest BCUT2D eigenvalue weighted by atomic mass is 35.5. The van der Waals surface area contributed by atoms with Crippen LogP contribution in [-0.2, 0) is 17.4 Å². The molecule has 2 aromatic heterocycles. The maximum Gasteiger partial charge on any atom is 0.451 e. The van der Waals surface area contributed by atoms with E-state index in [2.05, 4.69) is 25.1 Å². The molecule has 1 saturated carbocycles. The number of fused-ring (bicyclic) bond motifs is 1. The van der Waals surface area contributed by atoms with E-state index in [1.807, 2.05) is 0 Å². The molecule has 0 radical (unpaired) electrons.